The molecule has 0 saturated heterocycles. The van der Waals surface area contributed by atoms with Crippen molar-refractivity contribution in [3.05, 3.63) is 24.3 Å². The van der Waals surface area contributed by atoms with Gasteiger partial charge in [-0.2, -0.15) is 0 Å². The standard InChI is InChI=1S/C6H6O4S.Au/c7-5-3-1-2-4-6(5)11(8,9)10;/h1-4,7H,(H,8,9,10);/q;+1/p-1. The fourth-order valence-electron chi connectivity index (χ4n) is 0.669. The van der Waals surface area contributed by atoms with Crippen molar-refractivity contribution >= 4 is 10.1 Å². The summed E-state index contributed by atoms with van der Waals surface area (Å²) < 4.78 is 31.0. The van der Waals surface area contributed by atoms with Gasteiger partial charge in [0, 0.05) is 0 Å². The molecule has 4 nitrogen and oxygen atoms in total. The second-order valence-corrected chi connectivity index (χ2v) is 3.27. The molecule has 0 heterocycles. The SMILES string of the molecule is O=S(=O)([O-])c1ccccc1O.[Au+]. The van der Waals surface area contributed by atoms with Gasteiger partial charge in [-0.1, -0.05) is 12.1 Å². The van der Waals surface area contributed by atoms with Crippen LogP contribution in [0.25, 0.3) is 0 Å². The Morgan fingerprint density at radius 2 is 1.75 bits per heavy atom. The molecule has 70 valence electrons. The molecule has 1 aromatic carbocycles. The van der Waals surface area contributed by atoms with E-state index in [-0.39, 0.29) is 22.4 Å². The van der Waals surface area contributed by atoms with Crippen LogP contribution in [-0.4, -0.2) is 18.1 Å². The molecule has 0 aliphatic rings. The van der Waals surface area contributed by atoms with Gasteiger partial charge in [-0.15, -0.1) is 0 Å². The van der Waals surface area contributed by atoms with E-state index in [9.17, 15) is 13.0 Å². The zero-order chi connectivity index (χ0) is 8.48. The van der Waals surface area contributed by atoms with Crippen molar-refractivity contribution in [2.45, 2.75) is 4.90 Å². The van der Waals surface area contributed by atoms with E-state index in [1.54, 1.807) is 0 Å². The topological polar surface area (TPSA) is 77.4 Å². The van der Waals surface area contributed by atoms with Gasteiger partial charge in [0.1, 0.15) is 15.9 Å². The van der Waals surface area contributed by atoms with E-state index >= 15 is 0 Å². The number of phenols is 1. The van der Waals surface area contributed by atoms with Gasteiger partial charge in [-0.3, -0.25) is 0 Å². The van der Waals surface area contributed by atoms with Crippen LogP contribution in [-0.2, 0) is 32.5 Å². The van der Waals surface area contributed by atoms with Crippen molar-refractivity contribution in [2.75, 3.05) is 0 Å². The van der Waals surface area contributed by atoms with Gasteiger partial charge in [0.15, 0.2) is 0 Å². The number of hydrogen-bond donors (Lipinski definition) is 1. The molecule has 0 aliphatic carbocycles. The Bertz CT molecular complexity index is 360. The third-order valence-corrected chi connectivity index (χ3v) is 2.02. The molecule has 0 amide bonds. The molecule has 1 rings (SSSR count). The Labute approximate surface area is 85.5 Å². The van der Waals surface area contributed by atoms with Gasteiger partial charge in [-0.05, 0) is 12.1 Å². The van der Waals surface area contributed by atoms with Gasteiger partial charge < -0.3 is 9.66 Å². The summed E-state index contributed by atoms with van der Waals surface area (Å²) in [6, 6.07) is 5.00. The fraction of sp³-hybridized carbons (Fsp3) is 0. The molecule has 0 spiro atoms. The van der Waals surface area contributed by atoms with Crippen molar-refractivity contribution in [3.63, 3.8) is 0 Å². The summed E-state index contributed by atoms with van der Waals surface area (Å²) in [5, 5.41) is 8.87. The number of hydrogen-bond acceptors (Lipinski definition) is 4. The summed E-state index contributed by atoms with van der Waals surface area (Å²) in [4.78, 5) is -0.583. The van der Waals surface area contributed by atoms with Crippen molar-refractivity contribution in [1.82, 2.24) is 0 Å². The minimum atomic E-state index is -4.53. The first-order chi connectivity index (χ1) is 5.02. The average molecular weight is 370 g/mol. The third-order valence-electron chi connectivity index (χ3n) is 1.13. The van der Waals surface area contributed by atoms with Crippen molar-refractivity contribution in [2.24, 2.45) is 0 Å². The second-order valence-electron chi connectivity index (χ2n) is 1.92. The summed E-state index contributed by atoms with van der Waals surface area (Å²) >= 11 is 0. The number of rotatable bonds is 1. The summed E-state index contributed by atoms with van der Waals surface area (Å²) in [5.74, 6) is -0.512. The molecule has 0 aromatic heterocycles. The van der Waals surface area contributed by atoms with E-state index in [0.29, 0.717) is 0 Å². The number of benzene rings is 1. The van der Waals surface area contributed by atoms with Crippen molar-refractivity contribution in [1.29, 1.82) is 0 Å². The smallest absolute Gasteiger partial charge is 0.744 e. The van der Waals surface area contributed by atoms with Crippen LogP contribution in [0, 0.1) is 0 Å². The molecule has 0 unspecified atom stereocenters. The minimum absolute atomic E-state index is 0. The molecule has 0 bridgehead atoms. The van der Waals surface area contributed by atoms with Crippen LogP contribution in [0.3, 0.4) is 0 Å². The zero-order valence-corrected chi connectivity index (χ0v) is 8.67. The van der Waals surface area contributed by atoms with Crippen LogP contribution in [0.4, 0.5) is 0 Å². The molecule has 0 saturated carbocycles. The summed E-state index contributed by atoms with van der Waals surface area (Å²) in [7, 11) is -4.53. The van der Waals surface area contributed by atoms with Crippen LogP contribution in [0.1, 0.15) is 0 Å². The molecule has 1 N–H and O–H groups in total. The van der Waals surface area contributed by atoms with Gasteiger partial charge in [0.05, 0.1) is 4.90 Å². The maximum absolute atomic E-state index is 10.3. The molecule has 0 fully saturated rings. The van der Waals surface area contributed by atoms with Gasteiger partial charge in [-0.25, -0.2) is 8.42 Å². The first-order valence-corrected chi connectivity index (χ1v) is 4.16. The van der Waals surface area contributed by atoms with Gasteiger partial charge in [0.2, 0.25) is 0 Å². The molecule has 1 aromatic rings. The van der Waals surface area contributed by atoms with Crippen LogP contribution in [0.15, 0.2) is 29.2 Å². The molecule has 0 atom stereocenters. The number of aromatic hydroxyl groups is 1. The molecule has 0 aliphatic heterocycles. The second kappa shape index (κ2) is 4.06. The molecule has 6 heteroatoms. The average Bonchev–Trinajstić information content (AvgIpc) is 1.86. The molecule has 12 heavy (non-hydrogen) atoms. The monoisotopic (exact) mass is 370 g/mol. The fourth-order valence-corrected chi connectivity index (χ4v) is 1.24. The Hall–Kier alpha value is -0.330. The molecule has 0 radical (unpaired) electrons. The van der Waals surface area contributed by atoms with E-state index < -0.39 is 20.8 Å². The van der Waals surface area contributed by atoms with Gasteiger partial charge in [0.25, 0.3) is 0 Å². The Kier molecular flexibility index (Phi) is 3.95. The van der Waals surface area contributed by atoms with Crippen molar-refractivity contribution < 1.29 is 40.5 Å². The normalized spacial score (nSPS) is 10.4. The third kappa shape index (κ3) is 2.62. The minimum Gasteiger partial charge on any atom is -0.744 e. The van der Waals surface area contributed by atoms with Crippen LogP contribution in [0.5, 0.6) is 5.75 Å². The summed E-state index contributed by atoms with van der Waals surface area (Å²) in [6.07, 6.45) is 0. The number of para-hydroxylation sites is 1. The quantitative estimate of drug-likeness (QED) is 0.570. The largest absolute Gasteiger partial charge is 1.00 e. The maximum atomic E-state index is 10.3. The number of phenolic OH excluding ortho intramolecular Hbond substituents is 1. The van der Waals surface area contributed by atoms with Crippen molar-refractivity contribution in [3.8, 4) is 5.75 Å². The maximum Gasteiger partial charge on any atom is 1.00 e. The molecular weight excluding hydrogens is 365 g/mol. The van der Waals surface area contributed by atoms with Crippen LogP contribution >= 0.6 is 0 Å². The Morgan fingerprint density at radius 3 is 2.08 bits per heavy atom. The van der Waals surface area contributed by atoms with Gasteiger partial charge >= 0.3 is 22.4 Å². The van der Waals surface area contributed by atoms with Crippen LogP contribution < -0.4 is 0 Å². The molecular formula is C6H5AuO4S. The predicted molar refractivity (Wildman–Crippen MR) is 36.1 cm³/mol. The Balaban J connectivity index is 0.00000121. The van der Waals surface area contributed by atoms with Crippen LogP contribution in [0.2, 0.25) is 0 Å². The van der Waals surface area contributed by atoms with E-state index in [1.165, 1.54) is 12.1 Å². The Morgan fingerprint density at radius 1 is 1.25 bits per heavy atom. The summed E-state index contributed by atoms with van der Waals surface area (Å²) in [6.45, 7) is 0. The predicted octanol–water partition coefficient (Wildman–Crippen LogP) is 0.294. The van der Waals surface area contributed by atoms with E-state index in [0.717, 1.165) is 12.1 Å². The van der Waals surface area contributed by atoms with E-state index in [2.05, 4.69) is 0 Å². The first-order valence-electron chi connectivity index (χ1n) is 2.76. The zero-order valence-electron chi connectivity index (χ0n) is 5.69. The first kappa shape index (κ1) is 11.7. The van der Waals surface area contributed by atoms with E-state index in [1.807, 2.05) is 0 Å². The summed E-state index contributed by atoms with van der Waals surface area (Å²) in [5.41, 5.74) is 0. The van der Waals surface area contributed by atoms with E-state index in [4.69, 9.17) is 5.11 Å².